The first-order valence-electron chi connectivity index (χ1n) is 9.20. The minimum atomic E-state index is 0.116. The fraction of sp³-hybridized carbons (Fsp3) is 0.381. The molecule has 5 heteroatoms. The van der Waals surface area contributed by atoms with Gasteiger partial charge >= 0.3 is 0 Å². The van der Waals surface area contributed by atoms with Crippen LogP contribution in [-0.2, 0) is 24.8 Å². The first kappa shape index (κ1) is 18.1. The van der Waals surface area contributed by atoms with Crippen molar-refractivity contribution in [3.8, 4) is 11.3 Å². The third kappa shape index (κ3) is 3.09. The number of hydrogen-bond donors (Lipinski definition) is 0. The maximum atomic E-state index is 11.8. The largest absolute Gasteiger partial charge is 0.338 e. The molecule has 0 spiro atoms. The minimum absolute atomic E-state index is 0.116. The highest BCUT2D eigenvalue weighted by molar-refractivity contribution is 5.96. The van der Waals surface area contributed by atoms with Crippen LogP contribution in [0.15, 0.2) is 30.5 Å². The van der Waals surface area contributed by atoms with Crippen LogP contribution in [0.3, 0.4) is 0 Å². The van der Waals surface area contributed by atoms with E-state index in [2.05, 4.69) is 29.2 Å². The Labute approximate surface area is 154 Å². The van der Waals surface area contributed by atoms with Crippen molar-refractivity contribution >= 4 is 16.7 Å². The molecule has 0 aliphatic carbocycles. The second-order valence-electron chi connectivity index (χ2n) is 6.44. The number of amides is 1. The van der Waals surface area contributed by atoms with E-state index >= 15 is 0 Å². The van der Waals surface area contributed by atoms with Crippen molar-refractivity contribution in [1.82, 2.24) is 19.7 Å². The van der Waals surface area contributed by atoms with Gasteiger partial charge in [-0.1, -0.05) is 32.0 Å². The van der Waals surface area contributed by atoms with E-state index in [9.17, 15) is 4.79 Å². The number of benzene rings is 1. The molecule has 1 aromatic carbocycles. The van der Waals surface area contributed by atoms with Crippen LogP contribution in [0.5, 0.6) is 0 Å². The van der Waals surface area contributed by atoms with Crippen molar-refractivity contribution in [3.63, 3.8) is 0 Å². The lowest BCUT2D eigenvalue weighted by atomic mass is 9.97. The molecule has 0 atom stereocenters. The summed E-state index contributed by atoms with van der Waals surface area (Å²) in [5, 5.41) is 7.05. The van der Waals surface area contributed by atoms with Gasteiger partial charge in [-0.2, -0.15) is 5.10 Å². The zero-order valence-electron chi connectivity index (χ0n) is 16.2. The molecule has 2 aromatic heterocycles. The van der Waals surface area contributed by atoms with Crippen molar-refractivity contribution in [2.24, 2.45) is 7.05 Å². The van der Waals surface area contributed by atoms with E-state index in [1.165, 1.54) is 11.1 Å². The smallest absolute Gasteiger partial charge is 0.219 e. The van der Waals surface area contributed by atoms with E-state index in [0.29, 0.717) is 6.54 Å². The minimum Gasteiger partial charge on any atom is -0.338 e. The molecule has 0 fully saturated rings. The average molecular weight is 350 g/mol. The Bertz CT molecular complexity index is 958. The molecule has 136 valence electrons. The first-order valence-corrected chi connectivity index (χ1v) is 9.20. The van der Waals surface area contributed by atoms with E-state index in [4.69, 9.17) is 5.10 Å². The summed E-state index contributed by atoms with van der Waals surface area (Å²) in [5.74, 6) is 0.116. The molecule has 0 radical (unpaired) electrons. The fourth-order valence-electron chi connectivity index (χ4n) is 3.57. The molecule has 0 saturated heterocycles. The van der Waals surface area contributed by atoms with Gasteiger partial charge in [-0.3, -0.25) is 14.5 Å². The SMILES string of the molecule is CC.CC(=O)N1CCc2c(c(-c3cccc4cc(C)ncc34)nn2C)C1. The third-order valence-corrected chi connectivity index (χ3v) is 4.84. The van der Waals surface area contributed by atoms with Gasteiger partial charge < -0.3 is 4.90 Å². The van der Waals surface area contributed by atoms with Crippen molar-refractivity contribution in [2.75, 3.05) is 6.54 Å². The van der Waals surface area contributed by atoms with Crippen molar-refractivity contribution < 1.29 is 4.79 Å². The summed E-state index contributed by atoms with van der Waals surface area (Å²) in [5.41, 5.74) is 5.44. The maximum absolute atomic E-state index is 11.8. The second-order valence-corrected chi connectivity index (χ2v) is 6.44. The molecule has 0 saturated carbocycles. The topological polar surface area (TPSA) is 51.0 Å². The normalized spacial score (nSPS) is 13.2. The van der Waals surface area contributed by atoms with Crippen LogP contribution < -0.4 is 0 Å². The molecule has 0 bridgehead atoms. The van der Waals surface area contributed by atoms with Gasteiger partial charge in [0.05, 0.1) is 5.69 Å². The lowest BCUT2D eigenvalue weighted by molar-refractivity contribution is -0.129. The van der Waals surface area contributed by atoms with E-state index in [-0.39, 0.29) is 5.91 Å². The number of pyridine rings is 1. The number of hydrogen-bond acceptors (Lipinski definition) is 3. The Morgan fingerprint density at radius 1 is 1.23 bits per heavy atom. The predicted molar refractivity (Wildman–Crippen MR) is 105 cm³/mol. The summed E-state index contributed by atoms with van der Waals surface area (Å²) < 4.78 is 1.96. The Morgan fingerprint density at radius 2 is 2.00 bits per heavy atom. The first-order chi connectivity index (χ1) is 12.5. The zero-order chi connectivity index (χ0) is 18.8. The Hall–Kier alpha value is -2.69. The Kier molecular flexibility index (Phi) is 5.07. The molecule has 3 heterocycles. The highest BCUT2D eigenvalue weighted by Gasteiger charge is 2.26. The predicted octanol–water partition coefficient (Wildman–Crippen LogP) is 3.87. The monoisotopic (exact) mass is 350 g/mol. The number of aryl methyl sites for hydroxylation is 2. The van der Waals surface area contributed by atoms with E-state index in [0.717, 1.165) is 40.9 Å². The molecule has 26 heavy (non-hydrogen) atoms. The molecule has 1 amide bonds. The lowest BCUT2D eigenvalue weighted by Crippen LogP contribution is -2.34. The quantitative estimate of drug-likeness (QED) is 0.669. The summed E-state index contributed by atoms with van der Waals surface area (Å²) in [6, 6.07) is 8.35. The molecule has 0 unspecified atom stereocenters. The number of rotatable bonds is 1. The molecule has 0 N–H and O–H groups in total. The zero-order valence-corrected chi connectivity index (χ0v) is 16.2. The van der Waals surface area contributed by atoms with E-state index in [1.807, 2.05) is 43.6 Å². The van der Waals surface area contributed by atoms with Crippen LogP contribution >= 0.6 is 0 Å². The standard InChI is InChI=1S/C19H20N4O.C2H6/c1-12-9-14-5-4-6-15(16(14)10-20-12)19-17-11-23(13(2)24)8-7-18(17)22(3)21-19;1-2/h4-6,9-10H,7-8,11H2,1-3H3;1-2H3. The molecule has 1 aliphatic heterocycles. The summed E-state index contributed by atoms with van der Waals surface area (Å²) in [6.07, 6.45) is 2.77. The van der Waals surface area contributed by atoms with Gasteiger partial charge in [-0.15, -0.1) is 0 Å². The molecular formula is C21H26N4O. The summed E-state index contributed by atoms with van der Waals surface area (Å²) >= 11 is 0. The van der Waals surface area contributed by atoms with Crippen LogP contribution in [0.25, 0.3) is 22.0 Å². The van der Waals surface area contributed by atoms with Gasteiger partial charge in [0, 0.05) is 67.6 Å². The average Bonchev–Trinajstić information content (AvgIpc) is 2.98. The van der Waals surface area contributed by atoms with Gasteiger partial charge in [-0.25, -0.2) is 0 Å². The molecule has 3 aromatic rings. The number of carbonyl (C=O) groups is 1. The van der Waals surface area contributed by atoms with Crippen molar-refractivity contribution in [2.45, 2.75) is 40.7 Å². The fourth-order valence-corrected chi connectivity index (χ4v) is 3.57. The van der Waals surface area contributed by atoms with Gasteiger partial charge in [0.25, 0.3) is 0 Å². The van der Waals surface area contributed by atoms with Crippen LogP contribution in [0.4, 0.5) is 0 Å². The number of fused-ring (bicyclic) bond motifs is 2. The molecule has 5 nitrogen and oxygen atoms in total. The number of nitrogens with zero attached hydrogens (tertiary/aromatic N) is 4. The highest BCUT2D eigenvalue weighted by atomic mass is 16.2. The molecule has 1 aliphatic rings. The Balaban J connectivity index is 0.000000948. The van der Waals surface area contributed by atoms with Crippen LogP contribution in [0.1, 0.15) is 37.7 Å². The van der Waals surface area contributed by atoms with Gasteiger partial charge in [0.1, 0.15) is 0 Å². The number of carbonyl (C=O) groups excluding carboxylic acids is 1. The summed E-state index contributed by atoms with van der Waals surface area (Å²) in [7, 11) is 1.99. The molecular weight excluding hydrogens is 324 g/mol. The van der Waals surface area contributed by atoms with E-state index in [1.54, 1.807) is 6.92 Å². The van der Waals surface area contributed by atoms with Crippen molar-refractivity contribution in [1.29, 1.82) is 0 Å². The number of aromatic nitrogens is 3. The third-order valence-electron chi connectivity index (χ3n) is 4.84. The molecule has 4 rings (SSSR count). The van der Waals surface area contributed by atoms with Gasteiger partial charge in [0.15, 0.2) is 0 Å². The van der Waals surface area contributed by atoms with Crippen LogP contribution in [0.2, 0.25) is 0 Å². The summed E-state index contributed by atoms with van der Waals surface area (Å²) in [4.78, 5) is 18.1. The van der Waals surface area contributed by atoms with Crippen molar-refractivity contribution in [3.05, 3.63) is 47.4 Å². The van der Waals surface area contributed by atoms with Crippen LogP contribution in [-0.4, -0.2) is 32.1 Å². The van der Waals surface area contributed by atoms with Crippen LogP contribution in [0, 0.1) is 6.92 Å². The summed E-state index contributed by atoms with van der Waals surface area (Å²) in [6.45, 7) is 9.02. The Morgan fingerprint density at radius 3 is 2.73 bits per heavy atom. The van der Waals surface area contributed by atoms with Gasteiger partial charge in [-0.05, 0) is 18.4 Å². The lowest BCUT2D eigenvalue weighted by Gasteiger charge is -2.26. The maximum Gasteiger partial charge on any atom is 0.219 e. The van der Waals surface area contributed by atoms with Gasteiger partial charge in [0.2, 0.25) is 5.91 Å². The van der Waals surface area contributed by atoms with E-state index < -0.39 is 0 Å². The highest BCUT2D eigenvalue weighted by Crippen LogP contribution is 2.34. The second kappa shape index (κ2) is 7.28.